The molecule has 2 aliphatic rings. The number of ether oxygens (including phenoxy) is 2. The van der Waals surface area contributed by atoms with Gasteiger partial charge in [0.1, 0.15) is 4.75 Å². The van der Waals surface area contributed by atoms with Crippen molar-refractivity contribution in [1.29, 1.82) is 0 Å². The molecule has 43 heavy (non-hydrogen) atoms. The summed E-state index contributed by atoms with van der Waals surface area (Å²) < 4.78 is 37.9. The highest BCUT2D eigenvalue weighted by molar-refractivity contribution is 7.92. The molecule has 12 heteroatoms. The molecule has 1 aromatic heterocycles. The Kier molecular flexibility index (Phi) is 10.2. The van der Waals surface area contributed by atoms with Gasteiger partial charge in [-0.1, -0.05) is 54.1 Å². The molecule has 2 saturated heterocycles. The largest absolute Gasteiger partial charge is 0.367 e. The highest BCUT2D eigenvalue weighted by atomic mass is 35.5. The molecule has 0 aliphatic carbocycles. The molecular formula is C31H35ClN2O7S2. The second-order valence-electron chi connectivity index (χ2n) is 10.7. The predicted octanol–water partition coefficient (Wildman–Crippen LogP) is 5.26. The zero-order valence-corrected chi connectivity index (χ0v) is 26.3. The minimum absolute atomic E-state index is 0.0148. The third kappa shape index (κ3) is 7.13. The van der Waals surface area contributed by atoms with Gasteiger partial charge in [0.25, 0.3) is 5.91 Å². The van der Waals surface area contributed by atoms with E-state index in [1.807, 2.05) is 36.4 Å². The first-order valence-electron chi connectivity index (χ1n) is 14.2. The number of nitrogens with zero attached hydrogens (tertiary/aromatic N) is 1. The van der Waals surface area contributed by atoms with Crippen LogP contribution in [0.2, 0.25) is 5.02 Å². The van der Waals surface area contributed by atoms with E-state index < -0.39 is 32.9 Å². The van der Waals surface area contributed by atoms with Crippen molar-refractivity contribution in [2.75, 3.05) is 32.6 Å². The van der Waals surface area contributed by atoms with E-state index >= 15 is 0 Å². The number of hydrogen-bond donors (Lipinski definition) is 1. The monoisotopic (exact) mass is 646 g/mol. The molecule has 2 aromatic carbocycles. The quantitative estimate of drug-likeness (QED) is 0.316. The maximum absolute atomic E-state index is 14.2. The first kappa shape index (κ1) is 31.6. The van der Waals surface area contributed by atoms with Crippen LogP contribution in [-0.2, 0) is 38.5 Å². The number of rotatable bonds is 9. The number of amides is 2. The Balaban J connectivity index is 1.44. The molecule has 9 nitrogen and oxygen atoms in total. The van der Waals surface area contributed by atoms with Crippen LogP contribution in [0.3, 0.4) is 0 Å². The van der Waals surface area contributed by atoms with Crippen LogP contribution in [0.5, 0.6) is 0 Å². The first-order valence-corrected chi connectivity index (χ1v) is 17.1. The summed E-state index contributed by atoms with van der Waals surface area (Å²) in [6.07, 6.45) is 0.691. The minimum atomic E-state index is -3.95. The molecule has 0 radical (unpaired) electrons. The average Bonchev–Trinajstić information content (AvgIpc) is 3.47. The molecule has 0 spiro atoms. The van der Waals surface area contributed by atoms with E-state index in [4.69, 9.17) is 25.9 Å². The number of benzene rings is 2. The lowest BCUT2D eigenvalue weighted by molar-refractivity contribution is -0.200. The Morgan fingerprint density at radius 3 is 2.56 bits per heavy atom. The number of halogens is 1. The molecule has 0 saturated carbocycles. The van der Waals surface area contributed by atoms with Gasteiger partial charge in [0, 0.05) is 48.0 Å². The SMILES string of the molecule is CO[C@@H](C(=O)N1CC[C@](CC(=O)NOC2CCCCO2)(c2ccc(-c3ccc(Cl)cc3)s2)S(=O)(=O)CC1)c1ccccc1. The molecule has 230 valence electrons. The predicted molar refractivity (Wildman–Crippen MR) is 165 cm³/mol. The average molecular weight is 647 g/mol. The van der Waals surface area contributed by atoms with E-state index in [9.17, 15) is 18.0 Å². The van der Waals surface area contributed by atoms with Gasteiger partial charge in [0.05, 0.1) is 12.2 Å². The van der Waals surface area contributed by atoms with Crippen molar-refractivity contribution in [1.82, 2.24) is 10.4 Å². The van der Waals surface area contributed by atoms with E-state index in [1.54, 1.807) is 30.3 Å². The van der Waals surface area contributed by atoms with Crippen molar-refractivity contribution in [3.63, 3.8) is 0 Å². The number of hydroxylamine groups is 1. The van der Waals surface area contributed by atoms with E-state index in [0.29, 0.717) is 28.5 Å². The van der Waals surface area contributed by atoms with E-state index in [0.717, 1.165) is 23.3 Å². The van der Waals surface area contributed by atoms with E-state index in [1.165, 1.54) is 23.3 Å². The zero-order valence-electron chi connectivity index (χ0n) is 23.9. The third-order valence-electron chi connectivity index (χ3n) is 7.96. The molecule has 2 aliphatic heterocycles. The number of methoxy groups -OCH3 is 1. The van der Waals surface area contributed by atoms with Gasteiger partial charge in [-0.2, -0.15) is 0 Å². The van der Waals surface area contributed by atoms with Gasteiger partial charge in [-0.05, 0) is 54.7 Å². The first-order chi connectivity index (χ1) is 20.7. The number of sulfone groups is 1. The van der Waals surface area contributed by atoms with Gasteiger partial charge < -0.3 is 14.4 Å². The van der Waals surface area contributed by atoms with Crippen LogP contribution in [0.25, 0.3) is 10.4 Å². The van der Waals surface area contributed by atoms with Crippen LogP contribution in [0.1, 0.15) is 48.6 Å². The third-order valence-corrected chi connectivity index (χ3v) is 12.2. The zero-order chi connectivity index (χ0) is 30.5. The van der Waals surface area contributed by atoms with Crippen molar-refractivity contribution in [3.8, 4) is 10.4 Å². The lowest BCUT2D eigenvalue weighted by atomic mass is 9.97. The minimum Gasteiger partial charge on any atom is -0.367 e. The smallest absolute Gasteiger partial charge is 0.256 e. The van der Waals surface area contributed by atoms with Crippen molar-refractivity contribution in [3.05, 3.63) is 82.2 Å². The maximum atomic E-state index is 14.2. The Labute approximate surface area is 261 Å². The van der Waals surface area contributed by atoms with Gasteiger partial charge in [0.2, 0.25) is 5.91 Å². The highest BCUT2D eigenvalue weighted by Gasteiger charge is 2.50. The topological polar surface area (TPSA) is 111 Å². The van der Waals surface area contributed by atoms with Crippen LogP contribution in [0.4, 0.5) is 0 Å². The summed E-state index contributed by atoms with van der Waals surface area (Å²) in [7, 11) is -2.49. The Morgan fingerprint density at radius 2 is 1.86 bits per heavy atom. The summed E-state index contributed by atoms with van der Waals surface area (Å²) in [5.74, 6) is -1.20. The fourth-order valence-electron chi connectivity index (χ4n) is 5.55. The summed E-state index contributed by atoms with van der Waals surface area (Å²) in [6.45, 7) is 0.648. The molecule has 3 atom stereocenters. The van der Waals surface area contributed by atoms with Crippen molar-refractivity contribution >= 4 is 44.6 Å². The van der Waals surface area contributed by atoms with Crippen LogP contribution in [0.15, 0.2) is 66.7 Å². The Morgan fingerprint density at radius 1 is 1.09 bits per heavy atom. The van der Waals surface area contributed by atoms with Gasteiger partial charge in [-0.25, -0.2) is 18.7 Å². The summed E-state index contributed by atoms with van der Waals surface area (Å²) >= 11 is 7.39. The molecule has 3 heterocycles. The number of carbonyl (C=O) groups is 2. The number of carbonyl (C=O) groups excluding carboxylic acids is 2. The van der Waals surface area contributed by atoms with Crippen molar-refractivity contribution in [2.45, 2.75) is 49.2 Å². The molecule has 3 aromatic rings. The fourth-order valence-corrected chi connectivity index (χ4v) is 9.28. The summed E-state index contributed by atoms with van der Waals surface area (Å²) in [4.78, 5) is 35.4. The summed E-state index contributed by atoms with van der Waals surface area (Å²) in [6, 6.07) is 20.0. The highest BCUT2D eigenvalue weighted by Crippen LogP contribution is 2.45. The molecule has 2 fully saturated rings. The van der Waals surface area contributed by atoms with E-state index in [2.05, 4.69) is 5.48 Å². The Hall–Kier alpha value is -2.80. The van der Waals surface area contributed by atoms with Crippen molar-refractivity contribution in [2.24, 2.45) is 0 Å². The van der Waals surface area contributed by atoms with Crippen molar-refractivity contribution < 1.29 is 32.3 Å². The van der Waals surface area contributed by atoms with Gasteiger partial charge in [-0.15, -0.1) is 11.3 Å². The molecule has 5 rings (SSSR count). The number of thiophene rings is 1. The molecule has 1 unspecified atom stereocenters. The second-order valence-corrected chi connectivity index (χ2v) is 14.6. The van der Waals surface area contributed by atoms with Gasteiger partial charge in [-0.3, -0.25) is 9.59 Å². The standard InChI is InChI=1S/C31H35ClN2O7S2/c1-39-29(23-7-3-2-4-8-23)30(36)34-17-16-31(43(37,38)20-18-34,21-27(35)33-41-28-9-5-6-19-40-28)26-15-14-25(42-26)22-10-12-24(32)13-11-22/h2-4,7-8,10-15,28-29H,5-6,9,16-21H2,1H3,(H,33,35)/t28?,29-,31+/m1/s1. The molecule has 2 amide bonds. The van der Waals surface area contributed by atoms with Crippen LogP contribution in [-0.4, -0.2) is 64.0 Å². The molecule has 1 N–H and O–H groups in total. The van der Waals surface area contributed by atoms with Crippen LogP contribution >= 0.6 is 22.9 Å². The molecular weight excluding hydrogens is 612 g/mol. The normalized spacial score (nSPS) is 22.8. The number of hydrogen-bond acceptors (Lipinski definition) is 8. The van der Waals surface area contributed by atoms with Gasteiger partial charge >= 0.3 is 0 Å². The Bertz CT molecular complexity index is 1510. The summed E-state index contributed by atoms with van der Waals surface area (Å²) in [5.41, 5.74) is 4.00. The lowest BCUT2D eigenvalue weighted by Crippen LogP contribution is -2.43. The fraction of sp³-hybridized carbons (Fsp3) is 0.419. The maximum Gasteiger partial charge on any atom is 0.256 e. The second kappa shape index (κ2) is 13.9. The summed E-state index contributed by atoms with van der Waals surface area (Å²) in [5, 5.41) is 0.594. The number of nitrogens with one attached hydrogen (secondary N) is 1. The lowest BCUT2D eigenvalue weighted by Gasteiger charge is -2.31. The van der Waals surface area contributed by atoms with Crippen LogP contribution < -0.4 is 5.48 Å². The van der Waals surface area contributed by atoms with E-state index in [-0.39, 0.29) is 37.6 Å². The van der Waals surface area contributed by atoms with Gasteiger partial charge in [0.15, 0.2) is 22.2 Å². The van der Waals surface area contributed by atoms with Crippen LogP contribution in [0, 0.1) is 0 Å². The molecule has 0 bridgehead atoms.